The van der Waals surface area contributed by atoms with Gasteiger partial charge < -0.3 is 5.32 Å². The van der Waals surface area contributed by atoms with Crippen LogP contribution in [0.2, 0.25) is 0 Å². The van der Waals surface area contributed by atoms with Crippen molar-refractivity contribution in [2.24, 2.45) is 0 Å². The maximum absolute atomic E-state index is 13.6. The van der Waals surface area contributed by atoms with Crippen LogP contribution in [0.4, 0.5) is 14.5 Å². The summed E-state index contributed by atoms with van der Waals surface area (Å²) in [5.41, 5.74) is 0.682. The van der Waals surface area contributed by atoms with Crippen molar-refractivity contribution in [1.29, 1.82) is 0 Å². The summed E-state index contributed by atoms with van der Waals surface area (Å²) in [7, 11) is 0. The number of carbonyl (C=O) groups is 1. The first-order chi connectivity index (χ1) is 10.1. The Morgan fingerprint density at radius 1 is 1.19 bits per heavy atom. The Bertz CT molecular complexity index is 619. The number of benzene rings is 2. The van der Waals surface area contributed by atoms with E-state index in [9.17, 15) is 13.6 Å². The molecule has 0 saturated heterocycles. The molecule has 5 heteroatoms. The first-order valence-electron chi connectivity index (χ1n) is 6.57. The number of thioether (sulfide) groups is 1. The summed E-state index contributed by atoms with van der Waals surface area (Å²) in [6.45, 7) is 1.83. The normalized spacial score (nSPS) is 12.0. The first kappa shape index (κ1) is 15.5. The van der Waals surface area contributed by atoms with Crippen molar-refractivity contribution in [1.82, 2.24) is 0 Å². The number of hydrogen-bond acceptors (Lipinski definition) is 2. The van der Waals surface area contributed by atoms with Gasteiger partial charge >= 0.3 is 0 Å². The molecule has 0 aliphatic rings. The van der Waals surface area contributed by atoms with Gasteiger partial charge in [0, 0.05) is 10.6 Å². The van der Waals surface area contributed by atoms with Crippen LogP contribution in [0.25, 0.3) is 0 Å². The predicted molar refractivity (Wildman–Crippen MR) is 81.4 cm³/mol. The topological polar surface area (TPSA) is 29.1 Å². The molecule has 2 nitrogen and oxygen atoms in total. The zero-order chi connectivity index (χ0) is 15.2. The van der Waals surface area contributed by atoms with E-state index >= 15 is 0 Å². The van der Waals surface area contributed by atoms with E-state index in [0.29, 0.717) is 12.1 Å². The van der Waals surface area contributed by atoms with Crippen molar-refractivity contribution in [3.63, 3.8) is 0 Å². The average molecular weight is 307 g/mol. The SMILES string of the molecule is CCC(Sc1cc(F)ccc1F)C(=O)Nc1ccccc1. The second kappa shape index (κ2) is 7.22. The molecule has 0 spiro atoms. The predicted octanol–water partition coefficient (Wildman–Crippen LogP) is 4.47. The summed E-state index contributed by atoms with van der Waals surface area (Å²) in [6, 6.07) is 12.3. The maximum atomic E-state index is 13.6. The summed E-state index contributed by atoms with van der Waals surface area (Å²) in [5.74, 6) is -1.26. The highest BCUT2D eigenvalue weighted by Crippen LogP contribution is 2.29. The van der Waals surface area contributed by atoms with Gasteiger partial charge in [-0.15, -0.1) is 11.8 Å². The van der Waals surface area contributed by atoms with Gasteiger partial charge in [-0.25, -0.2) is 8.78 Å². The summed E-state index contributed by atoms with van der Waals surface area (Å²) in [6.07, 6.45) is 0.513. The summed E-state index contributed by atoms with van der Waals surface area (Å²) < 4.78 is 26.8. The number of carbonyl (C=O) groups excluding carboxylic acids is 1. The molecule has 0 fully saturated rings. The second-order valence-electron chi connectivity index (χ2n) is 4.44. The number of amides is 1. The van der Waals surface area contributed by atoms with Gasteiger partial charge in [-0.1, -0.05) is 25.1 Å². The van der Waals surface area contributed by atoms with Crippen LogP contribution in [-0.4, -0.2) is 11.2 Å². The standard InChI is InChI=1S/C16H15F2NOS/c1-2-14(16(20)19-12-6-4-3-5-7-12)21-15-10-11(17)8-9-13(15)18/h3-10,14H,2H2,1H3,(H,19,20). The molecule has 0 aromatic heterocycles. The minimum atomic E-state index is -0.521. The van der Waals surface area contributed by atoms with E-state index in [-0.39, 0.29) is 10.8 Å². The molecule has 1 unspecified atom stereocenters. The van der Waals surface area contributed by atoms with Crippen LogP contribution in [-0.2, 0) is 4.79 Å². The van der Waals surface area contributed by atoms with Crippen molar-refractivity contribution >= 4 is 23.4 Å². The van der Waals surface area contributed by atoms with E-state index in [0.717, 1.165) is 30.0 Å². The van der Waals surface area contributed by atoms with Gasteiger partial charge in [-0.3, -0.25) is 4.79 Å². The maximum Gasteiger partial charge on any atom is 0.237 e. The molecule has 0 aliphatic carbocycles. The van der Waals surface area contributed by atoms with Crippen LogP contribution in [0.1, 0.15) is 13.3 Å². The number of rotatable bonds is 5. The van der Waals surface area contributed by atoms with Gasteiger partial charge in [0.2, 0.25) is 5.91 Å². The van der Waals surface area contributed by atoms with Gasteiger partial charge in [-0.2, -0.15) is 0 Å². The van der Waals surface area contributed by atoms with Crippen molar-refractivity contribution in [2.75, 3.05) is 5.32 Å². The van der Waals surface area contributed by atoms with Crippen molar-refractivity contribution in [3.8, 4) is 0 Å². The fourth-order valence-electron chi connectivity index (χ4n) is 1.79. The molecule has 0 saturated carbocycles. The monoisotopic (exact) mass is 307 g/mol. The lowest BCUT2D eigenvalue weighted by atomic mass is 10.3. The van der Waals surface area contributed by atoms with E-state index in [2.05, 4.69) is 5.32 Å². The Kier molecular flexibility index (Phi) is 5.33. The molecular weight excluding hydrogens is 292 g/mol. The highest BCUT2D eigenvalue weighted by Gasteiger charge is 2.20. The Labute approximate surface area is 126 Å². The van der Waals surface area contributed by atoms with Crippen LogP contribution in [0.3, 0.4) is 0 Å². The fourth-order valence-corrected chi connectivity index (χ4v) is 2.79. The highest BCUT2D eigenvalue weighted by molar-refractivity contribution is 8.00. The Hall–Kier alpha value is -1.88. The van der Waals surface area contributed by atoms with E-state index in [1.165, 1.54) is 0 Å². The summed E-state index contributed by atoms with van der Waals surface area (Å²) in [5, 5.41) is 2.29. The zero-order valence-corrected chi connectivity index (χ0v) is 12.3. The number of hydrogen-bond donors (Lipinski definition) is 1. The molecule has 2 aromatic carbocycles. The third kappa shape index (κ3) is 4.29. The molecule has 0 bridgehead atoms. The molecule has 0 aliphatic heterocycles. The molecule has 1 amide bonds. The number of anilines is 1. The lowest BCUT2D eigenvalue weighted by molar-refractivity contribution is -0.115. The molecular formula is C16H15F2NOS. The van der Waals surface area contributed by atoms with E-state index in [4.69, 9.17) is 0 Å². The second-order valence-corrected chi connectivity index (χ2v) is 5.69. The molecule has 1 atom stereocenters. The van der Waals surface area contributed by atoms with Crippen molar-refractivity contribution < 1.29 is 13.6 Å². The minimum Gasteiger partial charge on any atom is -0.325 e. The lowest BCUT2D eigenvalue weighted by Gasteiger charge is -2.15. The van der Waals surface area contributed by atoms with Gasteiger partial charge in [0.05, 0.1) is 5.25 Å². The molecule has 1 N–H and O–H groups in total. The van der Waals surface area contributed by atoms with Crippen LogP contribution < -0.4 is 5.32 Å². The third-order valence-corrected chi connectivity index (χ3v) is 4.27. The number of halogens is 2. The van der Waals surface area contributed by atoms with Crippen LogP contribution >= 0.6 is 11.8 Å². The smallest absolute Gasteiger partial charge is 0.237 e. The van der Waals surface area contributed by atoms with E-state index in [1.807, 2.05) is 25.1 Å². The van der Waals surface area contributed by atoms with E-state index < -0.39 is 16.9 Å². The Morgan fingerprint density at radius 2 is 1.90 bits per heavy atom. The zero-order valence-electron chi connectivity index (χ0n) is 11.5. The van der Waals surface area contributed by atoms with Gasteiger partial charge in [-0.05, 0) is 36.8 Å². The highest BCUT2D eigenvalue weighted by atomic mass is 32.2. The largest absolute Gasteiger partial charge is 0.325 e. The van der Waals surface area contributed by atoms with Gasteiger partial charge in [0.1, 0.15) is 11.6 Å². The third-order valence-electron chi connectivity index (χ3n) is 2.87. The Morgan fingerprint density at radius 3 is 2.57 bits per heavy atom. The van der Waals surface area contributed by atoms with Crippen LogP contribution in [0, 0.1) is 11.6 Å². The molecule has 2 rings (SSSR count). The average Bonchev–Trinajstić information content (AvgIpc) is 2.49. The summed E-state index contributed by atoms with van der Waals surface area (Å²) >= 11 is 1.03. The molecule has 0 radical (unpaired) electrons. The molecule has 0 heterocycles. The molecule has 2 aromatic rings. The van der Waals surface area contributed by atoms with Crippen molar-refractivity contribution in [3.05, 3.63) is 60.2 Å². The van der Waals surface area contributed by atoms with Gasteiger partial charge in [0.15, 0.2) is 0 Å². The first-order valence-corrected chi connectivity index (χ1v) is 7.45. The van der Waals surface area contributed by atoms with Crippen LogP contribution in [0.5, 0.6) is 0 Å². The van der Waals surface area contributed by atoms with E-state index in [1.54, 1.807) is 12.1 Å². The molecule has 21 heavy (non-hydrogen) atoms. The molecule has 110 valence electrons. The number of para-hydroxylation sites is 1. The number of nitrogens with one attached hydrogen (secondary N) is 1. The Balaban J connectivity index is 2.09. The minimum absolute atomic E-state index is 0.144. The van der Waals surface area contributed by atoms with Crippen LogP contribution in [0.15, 0.2) is 53.4 Å². The van der Waals surface area contributed by atoms with Gasteiger partial charge in [0.25, 0.3) is 0 Å². The summed E-state index contributed by atoms with van der Waals surface area (Å²) in [4.78, 5) is 12.3. The lowest BCUT2D eigenvalue weighted by Crippen LogP contribution is -2.24. The fraction of sp³-hybridized carbons (Fsp3) is 0.188. The quantitative estimate of drug-likeness (QED) is 0.826. The van der Waals surface area contributed by atoms with Crippen molar-refractivity contribution in [2.45, 2.75) is 23.5 Å².